The monoisotopic (exact) mass is 267 g/mol. The van der Waals surface area contributed by atoms with Gasteiger partial charge in [-0.05, 0) is 26.2 Å². The highest BCUT2D eigenvalue weighted by atomic mass is 35.5. The van der Waals surface area contributed by atoms with E-state index in [1.54, 1.807) is 6.33 Å². The zero-order chi connectivity index (χ0) is 12.5. The van der Waals surface area contributed by atoms with Crippen molar-refractivity contribution in [1.29, 1.82) is 0 Å². The molecule has 0 bridgehead atoms. The van der Waals surface area contributed by atoms with Crippen LogP contribution in [-0.4, -0.2) is 41.1 Å². The number of hydrogen-bond acceptors (Lipinski definition) is 4. The summed E-state index contributed by atoms with van der Waals surface area (Å²) < 4.78 is 5.69. The minimum absolute atomic E-state index is 0.106. The van der Waals surface area contributed by atoms with Crippen molar-refractivity contribution in [1.82, 2.24) is 9.97 Å². The fourth-order valence-corrected chi connectivity index (χ4v) is 2.98. The molecule has 5 heteroatoms. The summed E-state index contributed by atoms with van der Waals surface area (Å²) in [6.07, 6.45) is 5.18. The van der Waals surface area contributed by atoms with Gasteiger partial charge in [0.1, 0.15) is 12.1 Å². The molecule has 1 aromatic rings. The van der Waals surface area contributed by atoms with Crippen molar-refractivity contribution in [2.24, 2.45) is 0 Å². The minimum Gasteiger partial charge on any atom is -0.373 e. The third-order valence-electron chi connectivity index (χ3n) is 3.80. The average Bonchev–Trinajstić information content (AvgIpc) is 2.87. The third-order valence-corrected chi connectivity index (χ3v) is 4.15. The molecule has 2 aliphatic rings. The second-order valence-electron chi connectivity index (χ2n) is 5.09. The first-order valence-corrected chi connectivity index (χ1v) is 7.10. The summed E-state index contributed by atoms with van der Waals surface area (Å²) in [5.74, 6) is 1.64. The number of nitrogens with zero attached hydrogens (tertiary/aromatic N) is 3. The summed E-state index contributed by atoms with van der Waals surface area (Å²) in [4.78, 5) is 11.2. The molecular weight excluding hydrogens is 250 g/mol. The molecule has 18 heavy (non-hydrogen) atoms. The minimum atomic E-state index is 0.106. The van der Waals surface area contributed by atoms with Crippen LogP contribution >= 0.6 is 11.6 Å². The molecule has 1 aliphatic carbocycles. The SMILES string of the molecule is CC1COC(CCl)CN1c1ncnc2c1CCC2. The predicted molar refractivity (Wildman–Crippen MR) is 71.3 cm³/mol. The largest absolute Gasteiger partial charge is 0.373 e. The molecule has 0 amide bonds. The molecule has 0 saturated carbocycles. The summed E-state index contributed by atoms with van der Waals surface area (Å²) in [5, 5.41) is 0. The molecule has 0 N–H and O–H groups in total. The number of halogens is 1. The van der Waals surface area contributed by atoms with E-state index >= 15 is 0 Å². The van der Waals surface area contributed by atoms with Gasteiger partial charge in [-0.2, -0.15) is 0 Å². The molecule has 2 heterocycles. The molecule has 0 aromatic carbocycles. The van der Waals surface area contributed by atoms with E-state index < -0.39 is 0 Å². The van der Waals surface area contributed by atoms with Crippen LogP contribution < -0.4 is 4.90 Å². The van der Waals surface area contributed by atoms with Gasteiger partial charge in [-0.3, -0.25) is 0 Å². The van der Waals surface area contributed by atoms with Crippen LogP contribution in [0.4, 0.5) is 5.82 Å². The van der Waals surface area contributed by atoms with E-state index in [1.807, 2.05) is 0 Å². The van der Waals surface area contributed by atoms with Gasteiger partial charge < -0.3 is 9.64 Å². The maximum Gasteiger partial charge on any atom is 0.135 e. The van der Waals surface area contributed by atoms with Crippen molar-refractivity contribution in [3.05, 3.63) is 17.6 Å². The van der Waals surface area contributed by atoms with E-state index in [4.69, 9.17) is 16.3 Å². The maximum absolute atomic E-state index is 5.91. The number of anilines is 1. The van der Waals surface area contributed by atoms with Gasteiger partial charge in [0.15, 0.2) is 0 Å². The second kappa shape index (κ2) is 5.02. The molecule has 1 aliphatic heterocycles. The quantitative estimate of drug-likeness (QED) is 0.766. The summed E-state index contributed by atoms with van der Waals surface area (Å²) in [6.45, 7) is 3.72. The number of aryl methyl sites for hydroxylation is 1. The number of ether oxygens (including phenoxy) is 1. The Bertz CT molecular complexity index is 440. The Hall–Kier alpha value is -0.870. The second-order valence-corrected chi connectivity index (χ2v) is 5.40. The zero-order valence-electron chi connectivity index (χ0n) is 10.6. The Balaban J connectivity index is 1.91. The standard InChI is InChI=1S/C13H18ClN3O/c1-9-7-18-10(5-14)6-17(9)13-11-3-2-4-12(11)15-8-16-13/h8-10H,2-7H2,1H3. The van der Waals surface area contributed by atoms with Gasteiger partial charge in [0.2, 0.25) is 0 Å². The number of hydrogen-bond donors (Lipinski definition) is 0. The van der Waals surface area contributed by atoms with E-state index in [9.17, 15) is 0 Å². The lowest BCUT2D eigenvalue weighted by atomic mass is 10.1. The van der Waals surface area contributed by atoms with Crippen LogP contribution in [-0.2, 0) is 17.6 Å². The van der Waals surface area contributed by atoms with Crippen molar-refractivity contribution >= 4 is 17.4 Å². The topological polar surface area (TPSA) is 38.2 Å². The van der Waals surface area contributed by atoms with Crippen LogP contribution in [0, 0.1) is 0 Å². The molecule has 0 spiro atoms. The zero-order valence-corrected chi connectivity index (χ0v) is 11.4. The van der Waals surface area contributed by atoms with Gasteiger partial charge in [0, 0.05) is 17.8 Å². The molecule has 98 valence electrons. The number of morpholine rings is 1. The van der Waals surface area contributed by atoms with Gasteiger partial charge in [-0.1, -0.05) is 0 Å². The summed E-state index contributed by atoms with van der Waals surface area (Å²) >= 11 is 5.91. The smallest absolute Gasteiger partial charge is 0.135 e. The number of fused-ring (bicyclic) bond motifs is 1. The fourth-order valence-electron chi connectivity index (χ4n) is 2.80. The van der Waals surface area contributed by atoms with Crippen LogP contribution in [0.2, 0.25) is 0 Å². The lowest BCUT2D eigenvalue weighted by Crippen LogP contribution is -2.49. The Morgan fingerprint density at radius 2 is 2.33 bits per heavy atom. The van der Waals surface area contributed by atoms with E-state index in [2.05, 4.69) is 21.8 Å². The van der Waals surface area contributed by atoms with Crippen LogP contribution in [0.25, 0.3) is 0 Å². The number of alkyl halides is 1. The van der Waals surface area contributed by atoms with Crippen molar-refractivity contribution in [2.75, 3.05) is 23.9 Å². The van der Waals surface area contributed by atoms with Gasteiger partial charge in [-0.25, -0.2) is 9.97 Å². The molecule has 0 radical (unpaired) electrons. The van der Waals surface area contributed by atoms with Crippen molar-refractivity contribution in [2.45, 2.75) is 38.3 Å². The number of aromatic nitrogens is 2. The average molecular weight is 268 g/mol. The normalized spacial score (nSPS) is 27.3. The maximum atomic E-state index is 5.91. The van der Waals surface area contributed by atoms with E-state index in [0.717, 1.165) is 31.8 Å². The molecule has 1 fully saturated rings. The van der Waals surface area contributed by atoms with Crippen LogP contribution in [0.3, 0.4) is 0 Å². The molecule has 1 saturated heterocycles. The van der Waals surface area contributed by atoms with Crippen molar-refractivity contribution < 1.29 is 4.74 Å². The van der Waals surface area contributed by atoms with Crippen LogP contribution in [0.15, 0.2) is 6.33 Å². The molecule has 3 rings (SSSR count). The molecular formula is C13H18ClN3O. The Kier molecular flexibility index (Phi) is 3.39. The lowest BCUT2D eigenvalue weighted by Gasteiger charge is -2.39. The van der Waals surface area contributed by atoms with Crippen LogP contribution in [0.1, 0.15) is 24.6 Å². The molecule has 2 unspecified atom stereocenters. The lowest BCUT2D eigenvalue weighted by molar-refractivity contribution is 0.0360. The van der Waals surface area contributed by atoms with Gasteiger partial charge >= 0.3 is 0 Å². The first kappa shape index (κ1) is 12.2. The summed E-state index contributed by atoms with van der Waals surface area (Å²) in [5.41, 5.74) is 2.56. The molecule has 2 atom stereocenters. The van der Waals surface area contributed by atoms with E-state index in [-0.39, 0.29) is 6.10 Å². The van der Waals surface area contributed by atoms with Gasteiger partial charge in [0.05, 0.1) is 24.6 Å². The van der Waals surface area contributed by atoms with Crippen LogP contribution in [0.5, 0.6) is 0 Å². The first-order valence-electron chi connectivity index (χ1n) is 6.56. The van der Waals surface area contributed by atoms with E-state index in [0.29, 0.717) is 11.9 Å². The third kappa shape index (κ3) is 2.08. The summed E-state index contributed by atoms with van der Waals surface area (Å²) in [7, 11) is 0. The van der Waals surface area contributed by atoms with Crippen molar-refractivity contribution in [3.63, 3.8) is 0 Å². The Labute approximate surface area is 112 Å². The van der Waals surface area contributed by atoms with Crippen molar-refractivity contribution in [3.8, 4) is 0 Å². The highest BCUT2D eigenvalue weighted by Crippen LogP contribution is 2.30. The Morgan fingerprint density at radius 1 is 1.44 bits per heavy atom. The van der Waals surface area contributed by atoms with Gasteiger partial charge in [-0.15, -0.1) is 11.6 Å². The fraction of sp³-hybridized carbons (Fsp3) is 0.692. The number of rotatable bonds is 2. The highest BCUT2D eigenvalue weighted by molar-refractivity contribution is 6.18. The van der Waals surface area contributed by atoms with E-state index in [1.165, 1.54) is 17.7 Å². The first-order chi connectivity index (χ1) is 8.79. The summed E-state index contributed by atoms with van der Waals surface area (Å²) in [6, 6.07) is 0.351. The predicted octanol–water partition coefficient (Wildman–Crippen LogP) is 1.80. The highest BCUT2D eigenvalue weighted by Gasteiger charge is 2.30. The molecule has 4 nitrogen and oxygen atoms in total. The van der Waals surface area contributed by atoms with Gasteiger partial charge in [0.25, 0.3) is 0 Å². The molecule has 1 aromatic heterocycles. The Morgan fingerprint density at radius 3 is 3.17 bits per heavy atom.